The zero-order valence-corrected chi connectivity index (χ0v) is 16.3. The smallest absolute Gasteiger partial charge is 0.356 e. The third-order valence-electron chi connectivity index (χ3n) is 4.81. The van der Waals surface area contributed by atoms with Crippen molar-refractivity contribution in [1.29, 1.82) is 0 Å². The monoisotopic (exact) mass is 399 g/mol. The lowest BCUT2D eigenvalue weighted by Crippen LogP contribution is -2.56. The second-order valence-electron chi connectivity index (χ2n) is 6.69. The molecule has 156 valence electrons. The van der Waals surface area contributed by atoms with Gasteiger partial charge in [-0.3, -0.25) is 14.7 Å². The highest BCUT2D eigenvalue weighted by atomic mass is 19.4. The summed E-state index contributed by atoms with van der Waals surface area (Å²) in [7, 11) is 1.66. The van der Waals surface area contributed by atoms with Crippen molar-refractivity contribution in [3.63, 3.8) is 0 Å². The molecule has 6 nitrogen and oxygen atoms in total. The number of carbonyl (C=O) groups excluding carboxylic acids is 1. The molecule has 28 heavy (non-hydrogen) atoms. The summed E-state index contributed by atoms with van der Waals surface area (Å²) in [5, 5.41) is 6.07. The predicted octanol–water partition coefficient (Wildman–Crippen LogP) is 1.95. The fraction of sp³-hybridized carbons (Fsp3) is 0.579. The van der Waals surface area contributed by atoms with E-state index in [0.717, 1.165) is 0 Å². The van der Waals surface area contributed by atoms with Gasteiger partial charge < -0.3 is 15.5 Å². The Morgan fingerprint density at radius 1 is 1.11 bits per heavy atom. The molecule has 1 fully saturated rings. The number of benzene rings is 1. The van der Waals surface area contributed by atoms with Crippen LogP contribution in [-0.2, 0) is 0 Å². The largest absolute Gasteiger partial charge is 0.403 e. The molecular weight excluding hydrogens is 371 g/mol. The van der Waals surface area contributed by atoms with E-state index in [2.05, 4.69) is 15.6 Å². The van der Waals surface area contributed by atoms with Gasteiger partial charge in [0.1, 0.15) is 6.04 Å². The molecule has 2 N–H and O–H groups in total. The highest BCUT2D eigenvalue weighted by Crippen LogP contribution is 2.25. The number of halogens is 3. The van der Waals surface area contributed by atoms with Crippen molar-refractivity contribution in [1.82, 2.24) is 20.4 Å². The summed E-state index contributed by atoms with van der Waals surface area (Å²) < 4.78 is 38.5. The van der Waals surface area contributed by atoms with E-state index in [1.54, 1.807) is 19.2 Å². The van der Waals surface area contributed by atoms with Gasteiger partial charge >= 0.3 is 6.18 Å². The molecule has 0 aliphatic carbocycles. The summed E-state index contributed by atoms with van der Waals surface area (Å²) in [5.41, 5.74) is 0.622. The first kappa shape index (κ1) is 22.0. The Bertz CT molecular complexity index is 643. The van der Waals surface area contributed by atoms with Crippen LogP contribution in [0, 0.1) is 0 Å². The van der Waals surface area contributed by atoms with E-state index < -0.39 is 12.2 Å². The van der Waals surface area contributed by atoms with E-state index >= 15 is 0 Å². The minimum atomic E-state index is -4.20. The maximum absolute atomic E-state index is 12.8. The van der Waals surface area contributed by atoms with Crippen molar-refractivity contribution in [2.75, 3.05) is 46.3 Å². The van der Waals surface area contributed by atoms with Crippen molar-refractivity contribution >= 4 is 11.9 Å². The van der Waals surface area contributed by atoms with E-state index in [4.69, 9.17) is 0 Å². The minimum Gasteiger partial charge on any atom is -0.356 e. The number of alkyl halides is 3. The van der Waals surface area contributed by atoms with Crippen molar-refractivity contribution < 1.29 is 18.0 Å². The fourth-order valence-electron chi connectivity index (χ4n) is 3.04. The van der Waals surface area contributed by atoms with Gasteiger partial charge in [-0.2, -0.15) is 13.2 Å². The Morgan fingerprint density at radius 3 is 2.29 bits per heavy atom. The van der Waals surface area contributed by atoms with Gasteiger partial charge in [0.05, 0.1) is 0 Å². The second-order valence-corrected chi connectivity index (χ2v) is 6.69. The summed E-state index contributed by atoms with van der Waals surface area (Å²) in [6.45, 7) is 4.00. The van der Waals surface area contributed by atoms with Crippen LogP contribution in [0.2, 0.25) is 0 Å². The number of hydrogen-bond donors (Lipinski definition) is 2. The third-order valence-corrected chi connectivity index (χ3v) is 4.81. The normalized spacial score (nSPS) is 17.3. The molecular formula is C19H28F3N5O. The van der Waals surface area contributed by atoms with E-state index in [9.17, 15) is 18.0 Å². The van der Waals surface area contributed by atoms with Crippen LogP contribution in [0.15, 0.2) is 35.3 Å². The summed E-state index contributed by atoms with van der Waals surface area (Å²) in [6, 6.07) is 7.57. The number of amides is 1. The van der Waals surface area contributed by atoms with Gasteiger partial charge in [0.25, 0.3) is 5.91 Å². The van der Waals surface area contributed by atoms with Crippen LogP contribution in [0.25, 0.3) is 0 Å². The maximum atomic E-state index is 12.8. The van der Waals surface area contributed by atoms with Crippen LogP contribution >= 0.6 is 0 Å². The van der Waals surface area contributed by atoms with Crippen LogP contribution in [0.3, 0.4) is 0 Å². The third kappa shape index (κ3) is 6.40. The zero-order chi connectivity index (χ0) is 20.6. The van der Waals surface area contributed by atoms with E-state index in [-0.39, 0.29) is 5.91 Å². The Balaban J connectivity index is 1.67. The van der Waals surface area contributed by atoms with E-state index in [0.29, 0.717) is 57.2 Å². The molecule has 1 heterocycles. The first-order valence-corrected chi connectivity index (χ1v) is 9.42. The van der Waals surface area contributed by atoms with Gasteiger partial charge in [-0.05, 0) is 25.5 Å². The van der Waals surface area contributed by atoms with Gasteiger partial charge in [-0.15, -0.1) is 0 Å². The first-order valence-electron chi connectivity index (χ1n) is 9.42. The van der Waals surface area contributed by atoms with Crippen molar-refractivity contribution in [2.24, 2.45) is 4.99 Å². The number of nitrogens with one attached hydrogen (secondary N) is 2. The van der Waals surface area contributed by atoms with E-state index in [1.165, 1.54) is 11.8 Å². The number of aliphatic imine (C=N–C) groups is 1. The molecule has 1 unspecified atom stereocenters. The molecule has 0 bridgehead atoms. The van der Waals surface area contributed by atoms with Crippen molar-refractivity contribution in [2.45, 2.75) is 25.6 Å². The lowest BCUT2D eigenvalue weighted by Gasteiger charge is -2.39. The van der Waals surface area contributed by atoms with E-state index in [1.807, 2.05) is 23.1 Å². The summed E-state index contributed by atoms with van der Waals surface area (Å²) in [4.78, 5) is 19.6. The molecule has 1 aromatic rings. The lowest BCUT2D eigenvalue weighted by molar-refractivity contribution is -0.181. The Kier molecular flexibility index (Phi) is 8.10. The Morgan fingerprint density at radius 2 is 1.71 bits per heavy atom. The SMILES string of the molecule is CN=C(NCCCNC(=O)c1ccccc1)N1CCN(C(C)C(F)(F)F)CC1. The highest BCUT2D eigenvalue weighted by molar-refractivity contribution is 5.94. The Labute approximate surface area is 163 Å². The van der Waals surface area contributed by atoms with Crippen LogP contribution < -0.4 is 10.6 Å². The molecule has 1 aromatic carbocycles. The summed E-state index contributed by atoms with van der Waals surface area (Å²) in [6.07, 6.45) is -3.49. The van der Waals surface area contributed by atoms with Crippen LogP contribution in [-0.4, -0.2) is 80.2 Å². The van der Waals surface area contributed by atoms with Crippen LogP contribution in [0.4, 0.5) is 13.2 Å². The molecule has 1 aliphatic heterocycles. The standard InChI is InChI=1S/C19H28F3N5O/c1-15(19(20,21)22)26-11-13-27(14-12-26)18(23-2)25-10-6-9-24-17(28)16-7-4-3-5-8-16/h3-5,7-8,15H,6,9-14H2,1-2H3,(H,23,25)(H,24,28). The minimum absolute atomic E-state index is 0.111. The zero-order valence-electron chi connectivity index (χ0n) is 16.3. The van der Waals surface area contributed by atoms with Gasteiger partial charge in [-0.1, -0.05) is 18.2 Å². The molecule has 0 saturated carbocycles. The van der Waals surface area contributed by atoms with Gasteiger partial charge in [-0.25, -0.2) is 0 Å². The average Bonchev–Trinajstić information content (AvgIpc) is 2.70. The van der Waals surface area contributed by atoms with Crippen LogP contribution in [0.1, 0.15) is 23.7 Å². The number of carbonyl (C=O) groups is 1. The second kappa shape index (κ2) is 10.3. The molecule has 0 radical (unpaired) electrons. The maximum Gasteiger partial charge on any atom is 0.403 e. The number of guanidine groups is 1. The summed E-state index contributed by atoms with van der Waals surface area (Å²) >= 11 is 0. The molecule has 1 atom stereocenters. The van der Waals surface area contributed by atoms with Crippen molar-refractivity contribution in [3.05, 3.63) is 35.9 Å². The van der Waals surface area contributed by atoms with Gasteiger partial charge in [0.2, 0.25) is 0 Å². The quantitative estimate of drug-likeness (QED) is 0.436. The predicted molar refractivity (Wildman–Crippen MR) is 103 cm³/mol. The summed E-state index contributed by atoms with van der Waals surface area (Å²) in [5.74, 6) is 0.564. The number of rotatable bonds is 6. The first-order chi connectivity index (χ1) is 13.3. The van der Waals surface area contributed by atoms with Gasteiger partial charge in [0.15, 0.2) is 5.96 Å². The molecule has 9 heteroatoms. The van der Waals surface area contributed by atoms with Gasteiger partial charge in [0, 0.05) is 51.9 Å². The van der Waals surface area contributed by atoms with Crippen LogP contribution in [0.5, 0.6) is 0 Å². The topological polar surface area (TPSA) is 60.0 Å². The highest BCUT2D eigenvalue weighted by Gasteiger charge is 2.41. The molecule has 2 rings (SSSR count). The molecule has 1 amide bonds. The number of hydrogen-bond acceptors (Lipinski definition) is 3. The average molecular weight is 399 g/mol. The number of piperazine rings is 1. The lowest BCUT2D eigenvalue weighted by atomic mass is 10.2. The number of nitrogens with zero attached hydrogens (tertiary/aromatic N) is 3. The fourth-order valence-corrected chi connectivity index (χ4v) is 3.04. The molecule has 1 saturated heterocycles. The van der Waals surface area contributed by atoms with Crippen molar-refractivity contribution in [3.8, 4) is 0 Å². The molecule has 0 spiro atoms. The molecule has 0 aromatic heterocycles. The molecule has 1 aliphatic rings. The Hall–Kier alpha value is -2.29.